The average molecular weight is 447 g/mol. The molecule has 3 rings (SSSR count). The van der Waals surface area contributed by atoms with E-state index in [1.165, 1.54) is 7.11 Å². The van der Waals surface area contributed by atoms with Crippen molar-refractivity contribution in [2.45, 2.75) is 32.2 Å². The van der Waals surface area contributed by atoms with Gasteiger partial charge in [-0.3, -0.25) is 9.59 Å². The number of amides is 2. The summed E-state index contributed by atoms with van der Waals surface area (Å²) >= 11 is 6.12. The first-order valence-corrected chi connectivity index (χ1v) is 10.5. The SMILES string of the molecule is COc1cc(Cl)c(C)cc1NC(=O)CCN(C(=O)COc1ccccc1OC)C1CC1. The lowest BCUT2D eigenvalue weighted by Crippen LogP contribution is -2.38. The first-order chi connectivity index (χ1) is 14.9. The maximum atomic E-state index is 12.7. The number of nitrogens with zero attached hydrogens (tertiary/aromatic N) is 1. The van der Waals surface area contributed by atoms with E-state index in [9.17, 15) is 9.59 Å². The third kappa shape index (κ3) is 6.04. The average Bonchev–Trinajstić information content (AvgIpc) is 3.60. The van der Waals surface area contributed by atoms with E-state index in [0.29, 0.717) is 34.5 Å². The maximum Gasteiger partial charge on any atom is 0.260 e. The highest BCUT2D eigenvalue weighted by molar-refractivity contribution is 6.31. The van der Waals surface area contributed by atoms with Crippen LogP contribution < -0.4 is 19.5 Å². The Hall–Kier alpha value is -2.93. The smallest absolute Gasteiger partial charge is 0.260 e. The number of nitrogens with one attached hydrogen (secondary N) is 1. The van der Waals surface area contributed by atoms with Gasteiger partial charge in [0.15, 0.2) is 18.1 Å². The molecule has 1 aliphatic carbocycles. The van der Waals surface area contributed by atoms with Crippen LogP contribution in [0.4, 0.5) is 5.69 Å². The van der Waals surface area contributed by atoms with Gasteiger partial charge in [0, 0.05) is 30.1 Å². The van der Waals surface area contributed by atoms with Crippen molar-refractivity contribution in [2.75, 3.05) is 32.7 Å². The van der Waals surface area contributed by atoms with Crippen molar-refractivity contribution in [3.63, 3.8) is 0 Å². The highest BCUT2D eigenvalue weighted by atomic mass is 35.5. The molecule has 0 aliphatic heterocycles. The van der Waals surface area contributed by atoms with Gasteiger partial charge < -0.3 is 24.4 Å². The zero-order valence-corrected chi connectivity index (χ0v) is 18.7. The van der Waals surface area contributed by atoms with Crippen LogP contribution in [-0.2, 0) is 9.59 Å². The topological polar surface area (TPSA) is 77.1 Å². The van der Waals surface area contributed by atoms with Crippen LogP contribution >= 0.6 is 11.6 Å². The summed E-state index contributed by atoms with van der Waals surface area (Å²) in [6.07, 6.45) is 2.04. The van der Waals surface area contributed by atoms with Crippen molar-refractivity contribution < 1.29 is 23.8 Å². The van der Waals surface area contributed by atoms with Gasteiger partial charge in [0.2, 0.25) is 5.91 Å². The monoisotopic (exact) mass is 446 g/mol. The number of hydrogen-bond donors (Lipinski definition) is 1. The quantitative estimate of drug-likeness (QED) is 0.595. The van der Waals surface area contributed by atoms with E-state index in [-0.39, 0.29) is 30.9 Å². The van der Waals surface area contributed by atoms with E-state index < -0.39 is 0 Å². The Bertz CT molecular complexity index is 946. The number of para-hydroxylation sites is 2. The van der Waals surface area contributed by atoms with E-state index in [0.717, 1.165) is 18.4 Å². The molecule has 2 aromatic rings. The number of ether oxygens (including phenoxy) is 3. The van der Waals surface area contributed by atoms with Gasteiger partial charge in [0.05, 0.1) is 19.9 Å². The first kappa shape index (κ1) is 22.7. The number of halogens is 1. The van der Waals surface area contributed by atoms with E-state index in [1.807, 2.05) is 19.1 Å². The Kier molecular flexibility index (Phi) is 7.63. The molecule has 0 heterocycles. The lowest BCUT2D eigenvalue weighted by molar-refractivity contribution is -0.134. The number of rotatable bonds is 10. The second kappa shape index (κ2) is 10.4. The van der Waals surface area contributed by atoms with Crippen LogP contribution in [0.3, 0.4) is 0 Å². The molecule has 0 unspecified atom stereocenters. The van der Waals surface area contributed by atoms with E-state index in [2.05, 4.69) is 5.32 Å². The minimum atomic E-state index is -0.205. The number of carbonyl (C=O) groups excluding carboxylic acids is 2. The molecule has 0 radical (unpaired) electrons. The van der Waals surface area contributed by atoms with Crippen LogP contribution in [0.2, 0.25) is 5.02 Å². The van der Waals surface area contributed by atoms with Gasteiger partial charge in [-0.2, -0.15) is 0 Å². The zero-order valence-electron chi connectivity index (χ0n) is 17.9. The standard InChI is InChI=1S/C23H27ClN2O5/c1-15-12-18(21(30-3)13-17(15)24)25-22(27)10-11-26(16-8-9-16)23(28)14-31-20-7-5-4-6-19(20)29-2/h4-7,12-13,16H,8-11,14H2,1-3H3,(H,25,27). The molecule has 0 saturated heterocycles. The highest BCUT2D eigenvalue weighted by Crippen LogP contribution is 2.32. The summed E-state index contributed by atoms with van der Waals surface area (Å²) in [5.74, 6) is 1.21. The summed E-state index contributed by atoms with van der Waals surface area (Å²) in [5, 5.41) is 3.41. The van der Waals surface area contributed by atoms with Crippen LogP contribution in [0, 0.1) is 6.92 Å². The van der Waals surface area contributed by atoms with Crippen molar-refractivity contribution in [1.29, 1.82) is 0 Å². The van der Waals surface area contributed by atoms with Crippen molar-refractivity contribution in [3.8, 4) is 17.2 Å². The van der Waals surface area contributed by atoms with Crippen LogP contribution in [0.15, 0.2) is 36.4 Å². The highest BCUT2D eigenvalue weighted by Gasteiger charge is 2.33. The normalized spacial score (nSPS) is 12.8. The fourth-order valence-corrected chi connectivity index (χ4v) is 3.38. The third-order valence-corrected chi connectivity index (χ3v) is 5.47. The molecule has 0 atom stereocenters. The fourth-order valence-electron chi connectivity index (χ4n) is 3.22. The zero-order chi connectivity index (χ0) is 22.4. The summed E-state index contributed by atoms with van der Waals surface area (Å²) in [7, 11) is 3.07. The van der Waals surface area contributed by atoms with Crippen LogP contribution in [0.1, 0.15) is 24.8 Å². The van der Waals surface area contributed by atoms with Gasteiger partial charge in [0.1, 0.15) is 5.75 Å². The number of benzene rings is 2. The van der Waals surface area contributed by atoms with Gasteiger partial charge in [-0.1, -0.05) is 23.7 Å². The van der Waals surface area contributed by atoms with Crippen molar-refractivity contribution >= 4 is 29.1 Å². The molecule has 0 spiro atoms. The predicted octanol–water partition coefficient (Wildman–Crippen LogP) is 4.06. The lowest BCUT2D eigenvalue weighted by atomic mass is 10.2. The molecular weight excluding hydrogens is 420 g/mol. The number of aryl methyl sites for hydroxylation is 1. The molecule has 166 valence electrons. The molecule has 1 saturated carbocycles. The van der Waals surface area contributed by atoms with Gasteiger partial charge in [0.25, 0.3) is 5.91 Å². The number of anilines is 1. The molecule has 31 heavy (non-hydrogen) atoms. The van der Waals surface area contributed by atoms with Gasteiger partial charge >= 0.3 is 0 Å². The van der Waals surface area contributed by atoms with E-state index >= 15 is 0 Å². The number of carbonyl (C=O) groups is 2. The van der Waals surface area contributed by atoms with Crippen LogP contribution in [0.5, 0.6) is 17.2 Å². The minimum Gasteiger partial charge on any atom is -0.495 e. The predicted molar refractivity (Wildman–Crippen MR) is 119 cm³/mol. The van der Waals surface area contributed by atoms with Crippen LogP contribution in [0.25, 0.3) is 0 Å². The second-order valence-corrected chi connectivity index (χ2v) is 7.76. The Morgan fingerprint density at radius 3 is 2.42 bits per heavy atom. The first-order valence-electron chi connectivity index (χ1n) is 10.1. The van der Waals surface area contributed by atoms with E-state index in [1.54, 1.807) is 36.3 Å². The second-order valence-electron chi connectivity index (χ2n) is 7.36. The largest absolute Gasteiger partial charge is 0.495 e. The molecule has 7 nitrogen and oxygen atoms in total. The maximum absolute atomic E-state index is 12.7. The number of methoxy groups -OCH3 is 2. The van der Waals surface area contributed by atoms with Gasteiger partial charge in [-0.05, 0) is 43.5 Å². The molecule has 8 heteroatoms. The summed E-state index contributed by atoms with van der Waals surface area (Å²) in [6.45, 7) is 2.06. The molecule has 0 aromatic heterocycles. The molecule has 1 fully saturated rings. The molecule has 1 N–H and O–H groups in total. The molecule has 0 bridgehead atoms. The Balaban J connectivity index is 1.56. The summed E-state index contributed by atoms with van der Waals surface area (Å²) in [4.78, 5) is 27.0. The Morgan fingerprint density at radius 2 is 1.77 bits per heavy atom. The summed E-state index contributed by atoms with van der Waals surface area (Å²) in [6, 6.07) is 10.8. The molecule has 2 amide bonds. The summed E-state index contributed by atoms with van der Waals surface area (Å²) < 4.78 is 16.2. The minimum absolute atomic E-state index is 0.108. The molecular formula is C23H27ClN2O5. The van der Waals surface area contributed by atoms with Crippen molar-refractivity contribution in [1.82, 2.24) is 4.90 Å². The van der Waals surface area contributed by atoms with Crippen molar-refractivity contribution in [2.24, 2.45) is 0 Å². The van der Waals surface area contributed by atoms with Crippen molar-refractivity contribution in [3.05, 3.63) is 47.0 Å². The van der Waals surface area contributed by atoms with Crippen LogP contribution in [-0.4, -0.2) is 50.1 Å². The number of hydrogen-bond acceptors (Lipinski definition) is 5. The molecule has 1 aliphatic rings. The summed E-state index contributed by atoms with van der Waals surface area (Å²) in [5.41, 5.74) is 1.39. The van der Waals surface area contributed by atoms with Gasteiger partial charge in [-0.15, -0.1) is 0 Å². The third-order valence-electron chi connectivity index (χ3n) is 5.06. The van der Waals surface area contributed by atoms with Gasteiger partial charge in [-0.25, -0.2) is 0 Å². The van der Waals surface area contributed by atoms with E-state index in [4.69, 9.17) is 25.8 Å². The Labute approximate surface area is 187 Å². The fraction of sp³-hybridized carbons (Fsp3) is 0.391. The Morgan fingerprint density at radius 1 is 1.10 bits per heavy atom. The molecule has 2 aromatic carbocycles. The lowest BCUT2D eigenvalue weighted by Gasteiger charge is -2.22.